The minimum absolute atomic E-state index is 0.239. The van der Waals surface area contributed by atoms with E-state index in [0.717, 1.165) is 12.8 Å². The molecule has 2 N–H and O–H groups in total. The van der Waals surface area contributed by atoms with Gasteiger partial charge in [-0.1, -0.05) is 13.8 Å². The summed E-state index contributed by atoms with van der Waals surface area (Å²) in [5, 5.41) is 19.7. The summed E-state index contributed by atoms with van der Waals surface area (Å²) in [5.74, 6) is 0.913. The molecule has 0 aliphatic heterocycles. The Kier molecular flexibility index (Phi) is 1.45. The molecular weight excluding hydrogens is 152 g/mol. The highest BCUT2D eigenvalue weighted by Crippen LogP contribution is 2.62. The summed E-state index contributed by atoms with van der Waals surface area (Å²) < 4.78 is 0. The first-order valence-corrected chi connectivity index (χ1v) is 4.77. The van der Waals surface area contributed by atoms with Crippen LogP contribution in [0.3, 0.4) is 0 Å². The largest absolute Gasteiger partial charge is 0.390 e. The summed E-state index contributed by atoms with van der Waals surface area (Å²) in [7, 11) is 0. The van der Waals surface area contributed by atoms with Crippen molar-refractivity contribution in [1.82, 2.24) is 0 Å². The third-order valence-corrected chi connectivity index (χ3v) is 4.36. The smallest absolute Gasteiger partial charge is 0.0910 e. The van der Waals surface area contributed by atoms with Gasteiger partial charge in [0.05, 0.1) is 11.7 Å². The molecule has 1 unspecified atom stereocenters. The highest BCUT2D eigenvalue weighted by molar-refractivity contribution is 5.12. The minimum Gasteiger partial charge on any atom is -0.390 e. The molecule has 2 bridgehead atoms. The standard InChI is InChI=1S/C10H18O2/c1-9(2)6-4-7(9)10(3,12)8(11)5-6/h6-8,11-12H,4-5H2,1-3H3/t6-,7-,8-,10?/m1/s1. The maximum atomic E-state index is 10.0. The van der Waals surface area contributed by atoms with Gasteiger partial charge in [0.2, 0.25) is 0 Å². The molecule has 0 saturated heterocycles. The monoisotopic (exact) mass is 170 g/mol. The van der Waals surface area contributed by atoms with E-state index in [2.05, 4.69) is 13.8 Å². The van der Waals surface area contributed by atoms with Crippen molar-refractivity contribution in [1.29, 1.82) is 0 Å². The first-order chi connectivity index (χ1) is 5.37. The van der Waals surface area contributed by atoms with Crippen molar-refractivity contribution >= 4 is 0 Å². The molecular formula is C10H18O2. The third kappa shape index (κ3) is 0.775. The van der Waals surface area contributed by atoms with Crippen molar-refractivity contribution in [3.63, 3.8) is 0 Å². The van der Waals surface area contributed by atoms with Crippen molar-refractivity contribution in [2.24, 2.45) is 17.3 Å². The minimum atomic E-state index is -0.849. The van der Waals surface area contributed by atoms with E-state index in [1.807, 2.05) is 0 Å². The maximum Gasteiger partial charge on any atom is 0.0910 e. The molecule has 0 heterocycles. The van der Waals surface area contributed by atoms with E-state index in [-0.39, 0.29) is 5.41 Å². The Balaban J connectivity index is 2.27. The summed E-state index contributed by atoms with van der Waals surface area (Å²) in [6, 6.07) is 0. The number of fused-ring (bicyclic) bond motifs is 2. The van der Waals surface area contributed by atoms with Crippen molar-refractivity contribution < 1.29 is 10.2 Å². The van der Waals surface area contributed by atoms with E-state index in [1.54, 1.807) is 6.92 Å². The zero-order valence-corrected chi connectivity index (χ0v) is 8.04. The summed E-state index contributed by atoms with van der Waals surface area (Å²) in [5.41, 5.74) is -0.610. The Morgan fingerprint density at radius 3 is 2.08 bits per heavy atom. The molecule has 2 heteroatoms. The van der Waals surface area contributed by atoms with E-state index in [1.165, 1.54) is 0 Å². The molecule has 3 aliphatic rings. The molecule has 0 spiro atoms. The van der Waals surface area contributed by atoms with Gasteiger partial charge >= 0.3 is 0 Å². The lowest BCUT2D eigenvalue weighted by Crippen LogP contribution is -2.66. The zero-order chi connectivity index (χ0) is 9.15. The zero-order valence-electron chi connectivity index (χ0n) is 8.04. The number of aliphatic hydroxyl groups is 2. The molecule has 0 aromatic heterocycles. The van der Waals surface area contributed by atoms with Gasteiger partial charge in [-0.15, -0.1) is 0 Å². The van der Waals surface area contributed by atoms with E-state index in [4.69, 9.17) is 0 Å². The molecule has 12 heavy (non-hydrogen) atoms. The lowest BCUT2D eigenvalue weighted by molar-refractivity contribution is -0.245. The molecule has 0 aromatic rings. The lowest BCUT2D eigenvalue weighted by Gasteiger charge is -2.64. The van der Waals surface area contributed by atoms with Crippen molar-refractivity contribution in [2.45, 2.75) is 45.3 Å². The number of aliphatic hydroxyl groups excluding tert-OH is 1. The van der Waals surface area contributed by atoms with Crippen LogP contribution in [0.15, 0.2) is 0 Å². The van der Waals surface area contributed by atoms with E-state index < -0.39 is 11.7 Å². The molecule has 70 valence electrons. The number of rotatable bonds is 0. The number of hydrogen-bond donors (Lipinski definition) is 2. The average Bonchev–Trinajstić information content (AvgIpc) is 1.93. The van der Waals surface area contributed by atoms with Gasteiger partial charge in [-0.25, -0.2) is 0 Å². The second kappa shape index (κ2) is 2.05. The van der Waals surface area contributed by atoms with E-state index in [9.17, 15) is 10.2 Å². The topological polar surface area (TPSA) is 40.5 Å². The molecule has 2 nitrogen and oxygen atoms in total. The van der Waals surface area contributed by atoms with Gasteiger partial charge in [0.25, 0.3) is 0 Å². The quantitative estimate of drug-likeness (QED) is 0.573. The predicted octanol–water partition coefficient (Wildman–Crippen LogP) is 1.16. The second-order valence-corrected chi connectivity index (χ2v) is 5.28. The Labute approximate surface area is 73.6 Å². The SMILES string of the molecule is CC1(C)[C@H]2C[C@@H](O)C(C)(O)[C@@H]1C2. The Morgan fingerprint density at radius 2 is 1.75 bits per heavy atom. The van der Waals surface area contributed by atoms with Crippen LogP contribution in [-0.4, -0.2) is 21.9 Å². The van der Waals surface area contributed by atoms with Crippen LogP contribution in [0.2, 0.25) is 0 Å². The van der Waals surface area contributed by atoms with Crippen LogP contribution in [0.4, 0.5) is 0 Å². The third-order valence-electron chi connectivity index (χ3n) is 4.36. The number of hydrogen-bond acceptors (Lipinski definition) is 2. The average molecular weight is 170 g/mol. The highest BCUT2D eigenvalue weighted by atomic mass is 16.3. The van der Waals surface area contributed by atoms with Gasteiger partial charge in [-0.3, -0.25) is 0 Å². The van der Waals surface area contributed by atoms with Crippen LogP contribution in [0, 0.1) is 17.3 Å². The predicted molar refractivity (Wildman–Crippen MR) is 46.6 cm³/mol. The molecule has 3 saturated carbocycles. The Morgan fingerprint density at radius 1 is 1.17 bits per heavy atom. The second-order valence-electron chi connectivity index (χ2n) is 5.28. The first kappa shape index (κ1) is 8.52. The van der Waals surface area contributed by atoms with Crippen LogP contribution in [0.25, 0.3) is 0 Å². The van der Waals surface area contributed by atoms with Gasteiger partial charge in [0, 0.05) is 0 Å². The van der Waals surface area contributed by atoms with Gasteiger partial charge in [-0.05, 0) is 37.0 Å². The van der Waals surface area contributed by atoms with Gasteiger partial charge < -0.3 is 10.2 Å². The van der Waals surface area contributed by atoms with E-state index >= 15 is 0 Å². The van der Waals surface area contributed by atoms with Crippen LogP contribution in [0.5, 0.6) is 0 Å². The normalized spacial score (nSPS) is 56.2. The molecule has 3 fully saturated rings. The molecule has 4 atom stereocenters. The summed E-state index contributed by atoms with van der Waals surface area (Å²) in [6.07, 6.45) is 1.36. The van der Waals surface area contributed by atoms with Gasteiger partial charge in [0.1, 0.15) is 0 Å². The summed E-state index contributed by atoms with van der Waals surface area (Å²) >= 11 is 0. The molecule has 0 radical (unpaired) electrons. The van der Waals surface area contributed by atoms with E-state index in [0.29, 0.717) is 11.8 Å². The van der Waals surface area contributed by atoms with Gasteiger partial charge in [-0.2, -0.15) is 0 Å². The molecule has 3 aliphatic carbocycles. The summed E-state index contributed by atoms with van der Waals surface area (Å²) in [4.78, 5) is 0. The van der Waals surface area contributed by atoms with Gasteiger partial charge in [0.15, 0.2) is 0 Å². The first-order valence-electron chi connectivity index (χ1n) is 4.77. The highest BCUT2D eigenvalue weighted by Gasteiger charge is 2.62. The summed E-state index contributed by atoms with van der Waals surface area (Å²) in [6.45, 7) is 6.18. The van der Waals surface area contributed by atoms with Crippen molar-refractivity contribution in [3.05, 3.63) is 0 Å². The Bertz CT molecular complexity index is 208. The van der Waals surface area contributed by atoms with Crippen LogP contribution in [-0.2, 0) is 0 Å². The van der Waals surface area contributed by atoms with Crippen molar-refractivity contribution in [3.8, 4) is 0 Å². The Hall–Kier alpha value is -0.0800. The van der Waals surface area contributed by atoms with Crippen LogP contribution in [0.1, 0.15) is 33.6 Å². The fourth-order valence-electron chi connectivity index (χ4n) is 3.15. The fraction of sp³-hybridized carbons (Fsp3) is 1.00. The molecule has 3 rings (SSSR count). The lowest BCUT2D eigenvalue weighted by atomic mass is 9.43. The molecule has 0 amide bonds. The fourth-order valence-corrected chi connectivity index (χ4v) is 3.15. The van der Waals surface area contributed by atoms with Crippen LogP contribution >= 0.6 is 0 Å². The molecule has 0 aromatic carbocycles. The van der Waals surface area contributed by atoms with Crippen LogP contribution < -0.4 is 0 Å². The maximum absolute atomic E-state index is 10.0. The van der Waals surface area contributed by atoms with Crippen molar-refractivity contribution in [2.75, 3.05) is 0 Å².